The van der Waals surface area contributed by atoms with Crippen molar-refractivity contribution in [1.29, 1.82) is 0 Å². The molecular weight excluding hydrogens is 302 g/mol. The van der Waals surface area contributed by atoms with Gasteiger partial charge in [-0.2, -0.15) is 0 Å². The summed E-state index contributed by atoms with van der Waals surface area (Å²) in [7, 11) is 0. The van der Waals surface area contributed by atoms with E-state index in [1.165, 1.54) is 0 Å². The molecule has 1 aliphatic heterocycles. The Morgan fingerprint density at radius 3 is 2.75 bits per heavy atom. The molecule has 3 rings (SSSR count). The number of pyridine rings is 1. The number of nitrogens with one attached hydrogen (secondary N) is 1. The van der Waals surface area contributed by atoms with Crippen LogP contribution >= 0.6 is 0 Å². The van der Waals surface area contributed by atoms with Crippen molar-refractivity contribution in [2.45, 2.75) is 33.2 Å². The summed E-state index contributed by atoms with van der Waals surface area (Å²) < 4.78 is 0. The third-order valence-corrected chi connectivity index (χ3v) is 4.33. The van der Waals surface area contributed by atoms with Gasteiger partial charge in [-0.1, -0.05) is 6.07 Å². The lowest BCUT2D eigenvalue weighted by atomic mass is 9.96. The number of aromatic nitrogens is 3. The number of anilines is 1. The molecule has 3 heterocycles. The van der Waals surface area contributed by atoms with Crippen LogP contribution in [0.25, 0.3) is 0 Å². The van der Waals surface area contributed by atoms with Crippen LogP contribution in [0.4, 0.5) is 5.82 Å². The van der Waals surface area contributed by atoms with Crippen LogP contribution in [0.5, 0.6) is 0 Å². The highest BCUT2D eigenvalue weighted by atomic mass is 16.1. The minimum atomic E-state index is 0.0713. The van der Waals surface area contributed by atoms with E-state index < -0.39 is 0 Å². The monoisotopic (exact) mass is 325 g/mol. The van der Waals surface area contributed by atoms with Gasteiger partial charge in [0, 0.05) is 49.7 Å². The molecule has 24 heavy (non-hydrogen) atoms. The maximum Gasteiger partial charge on any atom is 0.223 e. The Morgan fingerprint density at radius 1 is 1.29 bits per heavy atom. The number of carbonyl (C=O) groups is 1. The minimum absolute atomic E-state index is 0.0713. The van der Waals surface area contributed by atoms with Crippen LogP contribution < -0.4 is 10.2 Å². The number of nitrogens with zero attached hydrogens (tertiary/aromatic N) is 4. The predicted octanol–water partition coefficient (Wildman–Crippen LogP) is 2.02. The normalized spacial score (nSPS) is 15.3. The quantitative estimate of drug-likeness (QED) is 0.931. The van der Waals surface area contributed by atoms with Crippen LogP contribution in [0, 0.1) is 19.8 Å². The molecule has 1 saturated heterocycles. The molecule has 126 valence electrons. The molecule has 0 bridgehead atoms. The van der Waals surface area contributed by atoms with E-state index in [2.05, 4.69) is 25.2 Å². The molecule has 0 aromatic carbocycles. The van der Waals surface area contributed by atoms with Crippen molar-refractivity contribution in [2.75, 3.05) is 18.0 Å². The second-order valence-electron chi connectivity index (χ2n) is 6.26. The molecule has 0 saturated carbocycles. The van der Waals surface area contributed by atoms with Crippen molar-refractivity contribution in [2.24, 2.45) is 5.92 Å². The Morgan fingerprint density at radius 2 is 2.08 bits per heavy atom. The summed E-state index contributed by atoms with van der Waals surface area (Å²) in [5.41, 5.74) is 2.00. The molecule has 0 aliphatic carbocycles. The molecule has 1 N–H and O–H groups in total. The van der Waals surface area contributed by atoms with E-state index in [9.17, 15) is 4.79 Å². The molecule has 1 aliphatic rings. The fourth-order valence-corrected chi connectivity index (χ4v) is 3.07. The topological polar surface area (TPSA) is 71.0 Å². The molecule has 2 aromatic rings. The molecular formula is C18H23N5O. The van der Waals surface area contributed by atoms with Crippen molar-refractivity contribution >= 4 is 11.7 Å². The van der Waals surface area contributed by atoms with Gasteiger partial charge in [0.05, 0.1) is 0 Å². The predicted molar refractivity (Wildman–Crippen MR) is 92.5 cm³/mol. The summed E-state index contributed by atoms with van der Waals surface area (Å²) >= 11 is 0. The summed E-state index contributed by atoms with van der Waals surface area (Å²) in [6.45, 7) is 6.13. The van der Waals surface area contributed by atoms with Gasteiger partial charge in [-0.15, -0.1) is 0 Å². The first-order valence-corrected chi connectivity index (χ1v) is 8.35. The first-order valence-electron chi connectivity index (χ1n) is 8.35. The van der Waals surface area contributed by atoms with Gasteiger partial charge in [-0.3, -0.25) is 9.78 Å². The van der Waals surface area contributed by atoms with E-state index in [1.807, 2.05) is 32.0 Å². The average Bonchev–Trinajstić information content (AvgIpc) is 2.60. The smallest absolute Gasteiger partial charge is 0.223 e. The van der Waals surface area contributed by atoms with Crippen molar-refractivity contribution in [3.63, 3.8) is 0 Å². The zero-order valence-electron chi connectivity index (χ0n) is 14.2. The number of rotatable bonds is 4. The van der Waals surface area contributed by atoms with Crippen LogP contribution in [-0.2, 0) is 11.3 Å². The van der Waals surface area contributed by atoms with E-state index in [4.69, 9.17) is 0 Å². The van der Waals surface area contributed by atoms with Gasteiger partial charge < -0.3 is 10.2 Å². The van der Waals surface area contributed by atoms with Gasteiger partial charge in [0.2, 0.25) is 5.91 Å². The number of amides is 1. The number of piperidine rings is 1. The van der Waals surface area contributed by atoms with Gasteiger partial charge in [0.25, 0.3) is 0 Å². The van der Waals surface area contributed by atoms with Crippen molar-refractivity contribution in [3.8, 4) is 0 Å². The Kier molecular flexibility index (Phi) is 5.03. The minimum Gasteiger partial charge on any atom is -0.356 e. The van der Waals surface area contributed by atoms with Crippen molar-refractivity contribution in [3.05, 3.63) is 47.7 Å². The largest absolute Gasteiger partial charge is 0.356 e. The van der Waals surface area contributed by atoms with Gasteiger partial charge in [-0.25, -0.2) is 9.97 Å². The molecule has 6 nitrogen and oxygen atoms in total. The van der Waals surface area contributed by atoms with Crippen molar-refractivity contribution in [1.82, 2.24) is 20.3 Å². The lowest BCUT2D eigenvalue weighted by Crippen LogP contribution is -2.40. The van der Waals surface area contributed by atoms with Crippen molar-refractivity contribution < 1.29 is 4.79 Å². The van der Waals surface area contributed by atoms with E-state index in [0.717, 1.165) is 48.8 Å². The molecule has 0 unspecified atom stereocenters. The number of carbonyl (C=O) groups excluding carboxylic acids is 1. The Balaban J connectivity index is 1.52. The molecule has 1 fully saturated rings. The molecule has 2 aromatic heterocycles. The Hall–Kier alpha value is -2.50. The van der Waals surface area contributed by atoms with Crippen LogP contribution in [-0.4, -0.2) is 33.9 Å². The number of hydrogen-bond donors (Lipinski definition) is 1. The highest BCUT2D eigenvalue weighted by molar-refractivity contribution is 5.78. The summed E-state index contributed by atoms with van der Waals surface area (Å²) in [5, 5.41) is 3.02. The van der Waals surface area contributed by atoms with Crippen LogP contribution in [0.3, 0.4) is 0 Å². The first-order chi connectivity index (χ1) is 11.6. The third kappa shape index (κ3) is 4.07. The lowest BCUT2D eigenvalue weighted by Gasteiger charge is -2.32. The van der Waals surface area contributed by atoms with Crippen LogP contribution in [0.15, 0.2) is 30.6 Å². The number of aryl methyl sites for hydroxylation is 2. The van der Waals surface area contributed by atoms with Gasteiger partial charge in [0.15, 0.2) is 0 Å². The number of hydrogen-bond acceptors (Lipinski definition) is 5. The second-order valence-corrected chi connectivity index (χ2v) is 6.26. The fraction of sp³-hybridized carbons (Fsp3) is 0.444. The van der Waals surface area contributed by atoms with Gasteiger partial charge >= 0.3 is 0 Å². The second kappa shape index (κ2) is 7.38. The Labute approximate surface area is 142 Å². The zero-order chi connectivity index (χ0) is 16.9. The standard InChI is InChI=1S/C18H23N5O/c1-13-10-17(22-14(2)21-13)23-8-5-16(6-9-23)18(24)20-12-15-4-3-7-19-11-15/h3-4,7,10-11,16H,5-6,8-9,12H2,1-2H3,(H,20,24). The van der Waals surface area contributed by atoms with Crippen LogP contribution in [0.2, 0.25) is 0 Å². The SMILES string of the molecule is Cc1cc(N2CCC(C(=O)NCc3cccnc3)CC2)nc(C)n1. The zero-order valence-corrected chi connectivity index (χ0v) is 14.2. The summed E-state index contributed by atoms with van der Waals surface area (Å²) in [5.74, 6) is 1.96. The summed E-state index contributed by atoms with van der Waals surface area (Å²) in [6.07, 6.45) is 5.21. The maximum absolute atomic E-state index is 12.3. The molecule has 0 radical (unpaired) electrons. The van der Waals surface area contributed by atoms with E-state index in [-0.39, 0.29) is 11.8 Å². The van der Waals surface area contributed by atoms with E-state index in [1.54, 1.807) is 12.4 Å². The third-order valence-electron chi connectivity index (χ3n) is 4.33. The van der Waals surface area contributed by atoms with Gasteiger partial charge in [0.1, 0.15) is 11.6 Å². The lowest BCUT2D eigenvalue weighted by molar-refractivity contribution is -0.125. The molecule has 0 atom stereocenters. The first kappa shape index (κ1) is 16.4. The average molecular weight is 325 g/mol. The Bertz CT molecular complexity index is 676. The molecule has 6 heteroatoms. The summed E-state index contributed by atoms with van der Waals surface area (Å²) in [6, 6.07) is 5.86. The van der Waals surface area contributed by atoms with Crippen LogP contribution in [0.1, 0.15) is 29.9 Å². The highest BCUT2D eigenvalue weighted by Gasteiger charge is 2.25. The summed E-state index contributed by atoms with van der Waals surface area (Å²) in [4.78, 5) is 27.5. The molecule has 1 amide bonds. The van der Waals surface area contributed by atoms with E-state index in [0.29, 0.717) is 6.54 Å². The van der Waals surface area contributed by atoms with E-state index >= 15 is 0 Å². The molecule has 0 spiro atoms. The van der Waals surface area contributed by atoms with Gasteiger partial charge in [-0.05, 0) is 38.3 Å². The fourth-order valence-electron chi connectivity index (χ4n) is 3.07. The maximum atomic E-state index is 12.3. The highest BCUT2D eigenvalue weighted by Crippen LogP contribution is 2.22.